The molecule has 0 fully saturated rings. The summed E-state index contributed by atoms with van der Waals surface area (Å²) in [6.45, 7) is 6.83. The third-order valence-corrected chi connectivity index (χ3v) is 24.6. The zero-order valence-electron chi connectivity index (χ0n) is 20.8. The minimum atomic E-state index is -2.93. The van der Waals surface area contributed by atoms with E-state index in [-0.39, 0.29) is 15.9 Å². The van der Waals surface area contributed by atoms with Crippen LogP contribution in [0, 0.1) is 0 Å². The zero-order chi connectivity index (χ0) is 23.7. The van der Waals surface area contributed by atoms with Gasteiger partial charge in [-0.15, -0.1) is 0 Å². The van der Waals surface area contributed by atoms with Crippen LogP contribution in [0.2, 0.25) is 13.3 Å². The summed E-state index contributed by atoms with van der Waals surface area (Å²) in [5.41, 5.74) is 2.52. The molecular weight excluding hydrogens is 513 g/mol. The summed E-state index contributed by atoms with van der Waals surface area (Å²) in [4.78, 5) is 29.1. The molecule has 2 amide bonds. The monoisotopic (exact) mass is 555 g/mol. The fraction of sp³-hybridized carbons (Fsp3) is 0.517. The van der Waals surface area contributed by atoms with E-state index >= 15 is 0 Å². The van der Waals surface area contributed by atoms with Gasteiger partial charge in [0.05, 0.1) is 0 Å². The molecule has 0 aliphatic carbocycles. The van der Waals surface area contributed by atoms with Gasteiger partial charge in [-0.25, -0.2) is 0 Å². The third-order valence-electron chi connectivity index (χ3n) is 7.48. The first-order valence-corrected chi connectivity index (χ1v) is 20.8. The number of amides is 2. The van der Waals surface area contributed by atoms with Crippen molar-refractivity contribution < 1.29 is 9.59 Å². The molecule has 1 heterocycles. The number of carbonyl (C=O) groups excluding carboxylic acids is 2. The van der Waals surface area contributed by atoms with Gasteiger partial charge >= 0.3 is 205 Å². The van der Waals surface area contributed by atoms with Crippen LogP contribution in [0.3, 0.4) is 0 Å². The number of hydrogen-bond acceptors (Lipinski definition) is 2. The van der Waals surface area contributed by atoms with Crippen LogP contribution in [0.25, 0.3) is 0 Å². The average Bonchev–Trinajstić information content (AvgIpc) is 3.10. The molecule has 33 heavy (non-hydrogen) atoms. The van der Waals surface area contributed by atoms with Crippen molar-refractivity contribution in [1.82, 2.24) is 4.90 Å². The van der Waals surface area contributed by atoms with Crippen LogP contribution in [-0.2, 0) is 6.42 Å². The predicted octanol–water partition coefficient (Wildman–Crippen LogP) is 7.67. The molecule has 4 heteroatoms. The van der Waals surface area contributed by atoms with Crippen molar-refractivity contribution in [2.45, 2.75) is 89.5 Å². The summed E-state index contributed by atoms with van der Waals surface area (Å²) in [5.74, 6) is -0.0848. The number of imide groups is 1. The van der Waals surface area contributed by atoms with Gasteiger partial charge in [-0.1, -0.05) is 0 Å². The van der Waals surface area contributed by atoms with E-state index in [1.807, 2.05) is 24.3 Å². The van der Waals surface area contributed by atoms with E-state index in [2.05, 4.69) is 51.1 Å². The van der Waals surface area contributed by atoms with E-state index in [0.717, 1.165) is 12.8 Å². The Balaban J connectivity index is 2.04. The van der Waals surface area contributed by atoms with Crippen molar-refractivity contribution >= 4 is 30.2 Å². The van der Waals surface area contributed by atoms with E-state index in [9.17, 15) is 9.59 Å². The summed E-state index contributed by atoms with van der Waals surface area (Å²) in [5, 5.41) is 0. The number of rotatable bonds is 14. The number of nitrogens with zero attached hydrogens (tertiary/aromatic N) is 1. The molecule has 0 N–H and O–H groups in total. The van der Waals surface area contributed by atoms with Gasteiger partial charge in [0.15, 0.2) is 0 Å². The number of carbonyl (C=O) groups is 2. The van der Waals surface area contributed by atoms with Crippen molar-refractivity contribution in [2.24, 2.45) is 0 Å². The van der Waals surface area contributed by atoms with Crippen molar-refractivity contribution in [3.63, 3.8) is 0 Å². The van der Waals surface area contributed by atoms with E-state index in [1.54, 1.807) is 4.90 Å². The molecule has 0 saturated carbocycles. The second-order valence-corrected chi connectivity index (χ2v) is 23.7. The van der Waals surface area contributed by atoms with Crippen molar-refractivity contribution in [3.05, 3.63) is 71.3 Å². The Morgan fingerprint density at radius 2 is 1.15 bits per heavy atom. The quantitative estimate of drug-likeness (QED) is 0.178. The molecule has 3 rings (SSSR count). The molecule has 0 unspecified atom stereocenters. The van der Waals surface area contributed by atoms with Crippen LogP contribution in [-0.4, -0.2) is 39.1 Å². The average molecular weight is 554 g/mol. The maximum atomic E-state index is 13.7. The van der Waals surface area contributed by atoms with Crippen LogP contribution in [0.1, 0.15) is 92.0 Å². The van der Waals surface area contributed by atoms with E-state index in [0.29, 0.717) is 11.1 Å². The first-order valence-electron chi connectivity index (χ1n) is 13.1. The van der Waals surface area contributed by atoms with Crippen molar-refractivity contribution in [3.8, 4) is 0 Å². The molecule has 1 aliphatic rings. The SMILES string of the molecule is CCC[CH2][Sn]([CH2]CCC)([CH2]CCC)[C@H](CCc1ccccc1)N1C(=O)c2ccccc2C1=O. The van der Waals surface area contributed by atoms with Crippen LogP contribution >= 0.6 is 0 Å². The summed E-state index contributed by atoms with van der Waals surface area (Å²) in [6, 6.07) is 18.0. The van der Waals surface area contributed by atoms with E-state index in [1.165, 1.54) is 57.4 Å². The number of benzene rings is 2. The molecule has 0 saturated heterocycles. The van der Waals surface area contributed by atoms with Gasteiger partial charge in [0, 0.05) is 0 Å². The van der Waals surface area contributed by atoms with Crippen molar-refractivity contribution in [2.75, 3.05) is 0 Å². The Hall–Kier alpha value is -1.62. The molecule has 2 aromatic rings. The van der Waals surface area contributed by atoms with Crippen LogP contribution in [0.15, 0.2) is 54.6 Å². The number of hydrogen-bond donors (Lipinski definition) is 0. The fourth-order valence-corrected chi connectivity index (χ4v) is 24.1. The van der Waals surface area contributed by atoms with Crippen LogP contribution in [0.5, 0.6) is 0 Å². The Kier molecular flexibility index (Phi) is 10.0. The first-order chi connectivity index (χ1) is 16.1. The number of fused-ring (bicyclic) bond motifs is 1. The van der Waals surface area contributed by atoms with Gasteiger partial charge in [0.25, 0.3) is 0 Å². The molecule has 3 nitrogen and oxygen atoms in total. The minimum absolute atomic E-state index is 0.0424. The first kappa shape index (κ1) is 26.0. The van der Waals surface area contributed by atoms with Gasteiger partial charge < -0.3 is 0 Å². The van der Waals surface area contributed by atoms with Crippen LogP contribution in [0.4, 0.5) is 0 Å². The molecule has 1 atom stereocenters. The Labute approximate surface area is 204 Å². The fourth-order valence-electron chi connectivity index (χ4n) is 5.61. The van der Waals surface area contributed by atoms with Gasteiger partial charge in [0.1, 0.15) is 0 Å². The number of aryl methyl sites for hydroxylation is 1. The summed E-state index contributed by atoms with van der Waals surface area (Å²) in [7, 11) is 0. The number of unbranched alkanes of at least 4 members (excludes halogenated alkanes) is 3. The standard InChI is InChI=1S/C17H14NO2.3C4H9.Sn/c19-16-14-10-4-5-11-15(14)17(20)18(16)12-6-9-13-7-2-1-3-8-13;3*1-3-4-2;/h1-5,7-8,10-12H,6,9H2;3*1,3-4H2,2H3;. The molecule has 0 radical (unpaired) electrons. The van der Waals surface area contributed by atoms with Crippen LogP contribution < -0.4 is 0 Å². The molecule has 0 aromatic heterocycles. The van der Waals surface area contributed by atoms with Gasteiger partial charge in [-0.05, 0) is 0 Å². The summed E-state index contributed by atoms with van der Waals surface area (Å²) in [6.07, 6.45) is 9.10. The Morgan fingerprint density at radius 1 is 0.697 bits per heavy atom. The molecule has 1 aliphatic heterocycles. The second kappa shape index (κ2) is 12.7. The maximum absolute atomic E-state index is 13.7. The predicted molar refractivity (Wildman–Crippen MR) is 140 cm³/mol. The van der Waals surface area contributed by atoms with E-state index < -0.39 is 18.4 Å². The summed E-state index contributed by atoms with van der Waals surface area (Å²) < 4.78 is 4.00. The Morgan fingerprint density at radius 3 is 1.61 bits per heavy atom. The molecule has 2 aromatic carbocycles. The second-order valence-electron chi connectivity index (χ2n) is 9.74. The topological polar surface area (TPSA) is 37.4 Å². The zero-order valence-corrected chi connectivity index (χ0v) is 23.7. The molecule has 0 spiro atoms. The molecule has 0 bridgehead atoms. The van der Waals surface area contributed by atoms with E-state index in [4.69, 9.17) is 0 Å². The summed E-state index contributed by atoms with van der Waals surface area (Å²) >= 11 is -2.93. The van der Waals surface area contributed by atoms with Gasteiger partial charge in [-0.2, -0.15) is 0 Å². The van der Waals surface area contributed by atoms with Gasteiger partial charge in [0.2, 0.25) is 0 Å². The molecule has 178 valence electrons. The molecular formula is C29H41NO2Sn. The normalized spacial score (nSPS) is 14.6. The van der Waals surface area contributed by atoms with Crippen molar-refractivity contribution in [1.29, 1.82) is 0 Å². The third kappa shape index (κ3) is 6.09. The Bertz CT molecular complexity index is 854. The van der Waals surface area contributed by atoms with Gasteiger partial charge in [-0.3, -0.25) is 0 Å².